The Bertz CT molecular complexity index is 1230. The molecule has 158 valence electrons. The van der Waals surface area contributed by atoms with E-state index in [-0.39, 0.29) is 12.4 Å². The molecule has 3 aromatic heterocycles. The summed E-state index contributed by atoms with van der Waals surface area (Å²) < 4.78 is 21.3. The molecule has 0 saturated carbocycles. The standard InChI is InChI=1S/C22H22FN7O/c1-14-19(29-9-11-31-12-10-29)20(24)27-21(26-14)18-16-6-4-8-25-22(16)30(28-18)13-15-5-2-3-7-17(15)23/h2-8H,9-13H2,1H3,(H2,24,26,27). The minimum absolute atomic E-state index is 0.251. The Kier molecular flexibility index (Phi) is 4.95. The van der Waals surface area contributed by atoms with E-state index in [1.165, 1.54) is 6.07 Å². The molecule has 0 spiro atoms. The molecule has 1 saturated heterocycles. The molecule has 1 fully saturated rings. The number of nitrogens with two attached hydrogens (primary N) is 1. The van der Waals surface area contributed by atoms with E-state index in [1.54, 1.807) is 29.1 Å². The van der Waals surface area contributed by atoms with Crippen molar-refractivity contribution in [1.29, 1.82) is 0 Å². The molecule has 0 amide bonds. The lowest BCUT2D eigenvalue weighted by atomic mass is 10.2. The van der Waals surface area contributed by atoms with E-state index < -0.39 is 0 Å². The van der Waals surface area contributed by atoms with Crippen molar-refractivity contribution >= 4 is 22.5 Å². The number of ether oxygens (including phenoxy) is 1. The maximum atomic E-state index is 14.2. The highest BCUT2D eigenvalue weighted by Gasteiger charge is 2.22. The summed E-state index contributed by atoms with van der Waals surface area (Å²) in [5.74, 6) is 0.553. The van der Waals surface area contributed by atoms with Gasteiger partial charge in [0, 0.05) is 24.8 Å². The monoisotopic (exact) mass is 419 g/mol. The SMILES string of the molecule is Cc1nc(-c2nn(Cc3ccccc3F)c3ncccc23)nc(N)c1N1CCOCC1. The Morgan fingerprint density at radius 1 is 1.10 bits per heavy atom. The Hall–Kier alpha value is -3.59. The third-order valence-electron chi connectivity index (χ3n) is 5.41. The number of fused-ring (bicyclic) bond motifs is 1. The lowest BCUT2D eigenvalue weighted by Crippen LogP contribution is -2.37. The van der Waals surface area contributed by atoms with Gasteiger partial charge in [0.1, 0.15) is 17.2 Å². The number of nitrogens with zero attached hydrogens (tertiary/aromatic N) is 6. The van der Waals surface area contributed by atoms with Gasteiger partial charge in [-0.15, -0.1) is 0 Å². The molecule has 9 heteroatoms. The molecule has 0 radical (unpaired) electrons. The number of nitrogen functional groups attached to an aromatic ring is 1. The molecule has 1 aliphatic rings. The summed E-state index contributed by atoms with van der Waals surface area (Å²) in [6.45, 7) is 4.97. The minimum atomic E-state index is -0.283. The Labute approximate surface area is 178 Å². The van der Waals surface area contributed by atoms with Crippen LogP contribution in [0.15, 0.2) is 42.6 Å². The van der Waals surface area contributed by atoms with E-state index in [4.69, 9.17) is 20.6 Å². The second kappa shape index (κ2) is 7.92. The summed E-state index contributed by atoms with van der Waals surface area (Å²) in [5, 5.41) is 5.48. The van der Waals surface area contributed by atoms with Crippen molar-refractivity contribution in [2.75, 3.05) is 36.9 Å². The van der Waals surface area contributed by atoms with Crippen LogP contribution in [0.2, 0.25) is 0 Å². The van der Waals surface area contributed by atoms with Crippen LogP contribution in [-0.2, 0) is 11.3 Å². The van der Waals surface area contributed by atoms with Crippen LogP contribution in [0, 0.1) is 12.7 Å². The van der Waals surface area contributed by atoms with Crippen molar-refractivity contribution in [3.63, 3.8) is 0 Å². The molecule has 2 N–H and O–H groups in total. The van der Waals surface area contributed by atoms with Crippen LogP contribution in [0.3, 0.4) is 0 Å². The van der Waals surface area contributed by atoms with E-state index in [0.717, 1.165) is 29.9 Å². The third kappa shape index (κ3) is 3.57. The minimum Gasteiger partial charge on any atom is -0.382 e. The topological polar surface area (TPSA) is 95.0 Å². The number of hydrogen-bond acceptors (Lipinski definition) is 7. The predicted molar refractivity (Wildman–Crippen MR) is 116 cm³/mol. The number of hydrogen-bond donors (Lipinski definition) is 1. The summed E-state index contributed by atoms with van der Waals surface area (Å²) >= 11 is 0. The smallest absolute Gasteiger partial charge is 0.183 e. The summed E-state index contributed by atoms with van der Waals surface area (Å²) in [7, 11) is 0. The molecule has 1 aromatic carbocycles. The fourth-order valence-corrected chi connectivity index (χ4v) is 3.95. The lowest BCUT2D eigenvalue weighted by Gasteiger charge is -2.30. The quantitative estimate of drug-likeness (QED) is 0.543. The zero-order valence-corrected chi connectivity index (χ0v) is 17.1. The third-order valence-corrected chi connectivity index (χ3v) is 5.41. The van der Waals surface area contributed by atoms with Crippen molar-refractivity contribution in [1.82, 2.24) is 24.7 Å². The molecule has 0 unspecified atom stereocenters. The Morgan fingerprint density at radius 2 is 1.90 bits per heavy atom. The number of pyridine rings is 1. The van der Waals surface area contributed by atoms with Crippen LogP contribution in [0.5, 0.6) is 0 Å². The molecule has 5 rings (SSSR count). The second-order valence-electron chi connectivity index (χ2n) is 7.44. The lowest BCUT2D eigenvalue weighted by molar-refractivity contribution is 0.122. The molecule has 31 heavy (non-hydrogen) atoms. The normalized spacial score (nSPS) is 14.3. The zero-order chi connectivity index (χ0) is 21.4. The first-order valence-electron chi connectivity index (χ1n) is 10.1. The number of aromatic nitrogens is 5. The van der Waals surface area contributed by atoms with Gasteiger partial charge >= 0.3 is 0 Å². The molecule has 8 nitrogen and oxygen atoms in total. The number of anilines is 2. The summed E-state index contributed by atoms with van der Waals surface area (Å²) in [5.41, 5.74) is 9.71. The van der Waals surface area contributed by atoms with Gasteiger partial charge in [-0.05, 0) is 25.1 Å². The van der Waals surface area contributed by atoms with Gasteiger partial charge in [0.05, 0.1) is 30.8 Å². The first kappa shape index (κ1) is 19.4. The van der Waals surface area contributed by atoms with E-state index in [1.807, 2.05) is 19.1 Å². The molecular weight excluding hydrogens is 397 g/mol. The van der Waals surface area contributed by atoms with E-state index >= 15 is 0 Å². The van der Waals surface area contributed by atoms with Crippen molar-refractivity contribution in [2.24, 2.45) is 0 Å². The van der Waals surface area contributed by atoms with E-state index in [2.05, 4.69) is 14.9 Å². The Morgan fingerprint density at radius 3 is 2.68 bits per heavy atom. The molecule has 4 heterocycles. The fourth-order valence-electron chi connectivity index (χ4n) is 3.95. The highest BCUT2D eigenvalue weighted by atomic mass is 19.1. The first-order valence-corrected chi connectivity index (χ1v) is 10.1. The zero-order valence-electron chi connectivity index (χ0n) is 17.1. The number of aryl methyl sites for hydroxylation is 1. The van der Waals surface area contributed by atoms with Gasteiger partial charge in [0.15, 0.2) is 17.3 Å². The van der Waals surface area contributed by atoms with Crippen molar-refractivity contribution < 1.29 is 9.13 Å². The summed E-state index contributed by atoms with van der Waals surface area (Å²) in [6.07, 6.45) is 1.69. The van der Waals surface area contributed by atoms with Crippen molar-refractivity contribution in [3.05, 3.63) is 59.7 Å². The highest BCUT2D eigenvalue weighted by Crippen LogP contribution is 2.31. The average Bonchev–Trinajstić information content (AvgIpc) is 3.14. The summed E-state index contributed by atoms with van der Waals surface area (Å²) in [6, 6.07) is 10.4. The fraction of sp³-hybridized carbons (Fsp3) is 0.273. The summed E-state index contributed by atoms with van der Waals surface area (Å²) in [4.78, 5) is 15.9. The average molecular weight is 419 g/mol. The van der Waals surface area contributed by atoms with Gasteiger partial charge in [0.25, 0.3) is 0 Å². The Balaban J connectivity index is 1.58. The molecule has 4 aromatic rings. The van der Waals surface area contributed by atoms with Gasteiger partial charge in [-0.25, -0.2) is 24.0 Å². The van der Waals surface area contributed by atoms with Gasteiger partial charge < -0.3 is 15.4 Å². The van der Waals surface area contributed by atoms with Gasteiger partial charge in [0.2, 0.25) is 0 Å². The molecule has 0 bridgehead atoms. The molecule has 1 aliphatic heterocycles. The van der Waals surface area contributed by atoms with Crippen LogP contribution in [-0.4, -0.2) is 51.0 Å². The highest BCUT2D eigenvalue weighted by molar-refractivity contribution is 5.89. The van der Waals surface area contributed by atoms with E-state index in [9.17, 15) is 4.39 Å². The molecule has 0 atom stereocenters. The number of rotatable bonds is 4. The maximum absolute atomic E-state index is 14.2. The largest absolute Gasteiger partial charge is 0.382 e. The maximum Gasteiger partial charge on any atom is 0.183 e. The van der Waals surface area contributed by atoms with Crippen molar-refractivity contribution in [2.45, 2.75) is 13.5 Å². The molecule has 0 aliphatic carbocycles. The second-order valence-corrected chi connectivity index (χ2v) is 7.44. The van der Waals surface area contributed by atoms with Crippen LogP contribution < -0.4 is 10.6 Å². The number of morpholine rings is 1. The first-order chi connectivity index (χ1) is 15.1. The van der Waals surface area contributed by atoms with Crippen molar-refractivity contribution in [3.8, 4) is 11.5 Å². The van der Waals surface area contributed by atoms with Crippen LogP contribution in [0.1, 0.15) is 11.3 Å². The predicted octanol–water partition coefficient (Wildman–Crippen LogP) is 2.80. The van der Waals surface area contributed by atoms with Crippen LogP contribution in [0.4, 0.5) is 15.9 Å². The van der Waals surface area contributed by atoms with Crippen LogP contribution in [0.25, 0.3) is 22.6 Å². The van der Waals surface area contributed by atoms with Gasteiger partial charge in [-0.3, -0.25) is 0 Å². The number of halogens is 1. The van der Waals surface area contributed by atoms with Crippen LogP contribution >= 0.6 is 0 Å². The van der Waals surface area contributed by atoms with Gasteiger partial charge in [-0.2, -0.15) is 5.10 Å². The molecular formula is C22H22FN7O. The van der Waals surface area contributed by atoms with Gasteiger partial charge in [-0.1, -0.05) is 18.2 Å². The van der Waals surface area contributed by atoms with E-state index in [0.29, 0.717) is 41.8 Å². The number of benzene rings is 1.